The number of anilines is 4. The molecule has 2 aromatic carbocycles. The Morgan fingerprint density at radius 2 is 1.71 bits per heavy atom. The van der Waals surface area contributed by atoms with Gasteiger partial charge in [0.05, 0.1) is 17.0 Å². The van der Waals surface area contributed by atoms with Crippen molar-refractivity contribution in [2.45, 2.75) is 32.9 Å². The van der Waals surface area contributed by atoms with Crippen LogP contribution in [-0.2, 0) is 4.74 Å². The predicted octanol–water partition coefficient (Wildman–Crippen LogP) is 5.28. The van der Waals surface area contributed by atoms with Crippen LogP contribution in [0.4, 0.5) is 33.6 Å². The molecule has 1 unspecified atom stereocenters. The van der Waals surface area contributed by atoms with E-state index in [-0.39, 0.29) is 23.7 Å². The molecule has 3 aromatic rings. The Labute approximate surface area is 197 Å². The molecule has 1 aromatic heterocycles. The van der Waals surface area contributed by atoms with Gasteiger partial charge in [-0.2, -0.15) is 4.98 Å². The number of benzene rings is 2. The standard InChI is InChI=1S/C24H26N6O4/c1-15(2)21-14-34-24(31)29(21)22-12-13-25-23(28-22)26-16(3)17-4-6-18(7-5-17)27-19-8-10-20(11-9-19)30(32)33/h4-13,15-16,21,27H,14H2,1-3H3,(H,25,26,28)/t16-,21?/m0/s1. The third-order valence-electron chi connectivity index (χ3n) is 5.69. The van der Waals surface area contributed by atoms with Crippen LogP contribution in [-0.4, -0.2) is 33.6 Å². The Balaban J connectivity index is 1.42. The van der Waals surface area contributed by atoms with Gasteiger partial charge in [0.2, 0.25) is 5.95 Å². The number of carbonyl (C=O) groups is 1. The molecule has 0 aliphatic carbocycles. The smallest absolute Gasteiger partial charge is 0.415 e. The summed E-state index contributed by atoms with van der Waals surface area (Å²) in [6, 6.07) is 15.6. The first-order chi connectivity index (χ1) is 16.3. The second kappa shape index (κ2) is 9.74. The van der Waals surface area contributed by atoms with Crippen LogP contribution in [0.3, 0.4) is 0 Å². The number of ether oxygens (including phenoxy) is 1. The van der Waals surface area contributed by atoms with Gasteiger partial charge in [-0.3, -0.25) is 15.0 Å². The van der Waals surface area contributed by atoms with Crippen molar-refractivity contribution in [2.24, 2.45) is 5.92 Å². The van der Waals surface area contributed by atoms with Crippen molar-refractivity contribution < 1.29 is 14.5 Å². The van der Waals surface area contributed by atoms with Gasteiger partial charge in [0.15, 0.2) is 0 Å². The van der Waals surface area contributed by atoms with E-state index >= 15 is 0 Å². The summed E-state index contributed by atoms with van der Waals surface area (Å²) < 4.78 is 5.22. The molecule has 1 aliphatic rings. The second-order valence-corrected chi connectivity index (χ2v) is 8.41. The first kappa shape index (κ1) is 23.0. The molecule has 1 saturated heterocycles. The van der Waals surface area contributed by atoms with Gasteiger partial charge in [-0.1, -0.05) is 26.0 Å². The summed E-state index contributed by atoms with van der Waals surface area (Å²) in [5, 5.41) is 17.3. The molecular weight excluding hydrogens is 436 g/mol. The van der Waals surface area contributed by atoms with Crippen LogP contribution in [0.15, 0.2) is 60.8 Å². The van der Waals surface area contributed by atoms with Crippen LogP contribution in [0, 0.1) is 16.0 Å². The fourth-order valence-corrected chi connectivity index (χ4v) is 3.71. The zero-order chi connectivity index (χ0) is 24.2. The number of nitro benzene ring substituents is 1. The SMILES string of the molecule is CC(C)C1COC(=O)N1c1ccnc(N[C@@H](C)c2ccc(Nc3ccc([N+](=O)[O-])cc3)cc2)n1. The average Bonchev–Trinajstić information content (AvgIpc) is 3.22. The number of nitro groups is 1. The third kappa shape index (κ3) is 5.06. The van der Waals surface area contributed by atoms with Crippen molar-refractivity contribution in [2.75, 3.05) is 22.1 Å². The van der Waals surface area contributed by atoms with E-state index in [9.17, 15) is 14.9 Å². The van der Waals surface area contributed by atoms with Gasteiger partial charge in [-0.25, -0.2) is 9.78 Å². The maximum absolute atomic E-state index is 12.2. The Bertz CT molecular complexity index is 1170. The first-order valence-electron chi connectivity index (χ1n) is 11.0. The topological polar surface area (TPSA) is 123 Å². The number of nitrogens with zero attached hydrogens (tertiary/aromatic N) is 4. The van der Waals surface area contributed by atoms with Crippen LogP contribution < -0.4 is 15.5 Å². The van der Waals surface area contributed by atoms with Crippen LogP contribution in [0.25, 0.3) is 0 Å². The monoisotopic (exact) mass is 462 g/mol. The number of non-ortho nitro benzene ring substituents is 1. The number of carbonyl (C=O) groups excluding carboxylic acids is 1. The molecule has 176 valence electrons. The lowest BCUT2D eigenvalue weighted by Crippen LogP contribution is -2.37. The molecule has 1 aliphatic heterocycles. The highest BCUT2D eigenvalue weighted by Crippen LogP contribution is 2.27. The summed E-state index contributed by atoms with van der Waals surface area (Å²) in [6.07, 6.45) is 1.23. The number of rotatable bonds is 8. The number of cyclic esters (lactones) is 1. The minimum absolute atomic E-state index is 0.0495. The van der Waals surface area contributed by atoms with Gasteiger partial charge in [-0.05, 0) is 48.7 Å². The van der Waals surface area contributed by atoms with Gasteiger partial charge in [0, 0.05) is 29.7 Å². The quantitative estimate of drug-likeness (QED) is 0.342. The van der Waals surface area contributed by atoms with Gasteiger partial charge in [-0.15, -0.1) is 0 Å². The number of hydrogen-bond acceptors (Lipinski definition) is 8. The molecule has 2 atom stereocenters. The van der Waals surface area contributed by atoms with E-state index < -0.39 is 11.0 Å². The summed E-state index contributed by atoms with van der Waals surface area (Å²) in [7, 11) is 0. The van der Waals surface area contributed by atoms with E-state index in [2.05, 4.69) is 20.6 Å². The Kier molecular flexibility index (Phi) is 6.58. The van der Waals surface area contributed by atoms with Gasteiger partial charge in [0.1, 0.15) is 12.4 Å². The van der Waals surface area contributed by atoms with Crippen molar-refractivity contribution in [3.63, 3.8) is 0 Å². The molecule has 1 amide bonds. The minimum Gasteiger partial charge on any atom is -0.447 e. The zero-order valence-electron chi connectivity index (χ0n) is 19.1. The normalized spacial score (nSPS) is 16.3. The molecular formula is C24H26N6O4. The molecule has 2 N–H and O–H groups in total. The van der Waals surface area contributed by atoms with E-state index in [0.717, 1.165) is 16.9 Å². The molecule has 10 heteroatoms. The number of amides is 1. The highest BCUT2D eigenvalue weighted by Gasteiger charge is 2.37. The fourth-order valence-electron chi connectivity index (χ4n) is 3.71. The van der Waals surface area contributed by atoms with E-state index in [4.69, 9.17) is 4.74 Å². The number of hydrogen-bond donors (Lipinski definition) is 2. The summed E-state index contributed by atoms with van der Waals surface area (Å²) in [5.41, 5.74) is 2.68. The lowest BCUT2D eigenvalue weighted by molar-refractivity contribution is -0.384. The van der Waals surface area contributed by atoms with Gasteiger partial charge in [0.25, 0.3) is 5.69 Å². The second-order valence-electron chi connectivity index (χ2n) is 8.41. The highest BCUT2D eigenvalue weighted by molar-refractivity contribution is 5.89. The van der Waals surface area contributed by atoms with Gasteiger partial charge < -0.3 is 15.4 Å². The lowest BCUT2D eigenvalue weighted by atomic mass is 10.0. The van der Waals surface area contributed by atoms with Crippen molar-refractivity contribution in [3.8, 4) is 0 Å². The first-order valence-corrected chi connectivity index (χ1v) is 11.0. The Hall–Kier alpha value is -4.21. The minimum atomic E-state index is -0.425. The molecule has 0 saturated carbocycles. The largest absolute Gasteiger partial charge is 0.447 e. The van der Waals surface area contributed by atoms with Gasteiger partial charge >= 0.3 is 6.09 Å². The summed E-state index contributed by atoms with van der Waals surface area (Å²) in [5.74, 6) is 1.16. The molecule has 0 bridgehead atoms. The van der Waals surface area contributed by atoms with Crippen molar-refractivity contribution >= 4 is 34.9 Å². The highest BCUT2D eigenvalue weighted by atomic mass is 16.6. The van der Waals surface area contributed by atoms with Crippen molar-refractivity contribution in [1.82, 2.24) is 9.97 Å². The van der Waals surface area contributed by atoms with Crippen LogP contribution >= 0.6 is 0 Å². The van der Waals surface area contributed by atoms with E-state index in [1.54, 1.807) is 29.3 Å². The molecule has 1 fully saturated rings. The van der Waals surface area contributed by atoms with Crippen LogP contribution in [0.2, 0.25) is 0 Å². The fraction of sp³-hybridized carbons (Fsp3) is 0.292. The number of aromatic nitrogens is 2. The lowest BCUT2D eigenvalue weighted by Gasteiger charge is -2.23. The average molecular weight is 463 g/mol. The summed E-state index contributed by atoms with van der Waals surface area (Å²) >= 11 is 0. The molecule has 2 heterocycles. The Morgan fingerprint density at radius 3 is 2.32 bits per heavy atom. The maximum Gasteiger partial charge on any atom is 0.415 e. The third-order valence-corrected chi connectivity index (χ3v) is 5.69. The summed E-state index contributed by atoms with van der Waals surface area (Å²) in [6.45, 7) is 6.43. The zero-order valence-corrected chi connectivity index (χ0v) is 19.1. The molecule has 10 nitrogen and oxygen atoms in total. The Morgan fingerprint density at radius 1 is 1.06 bits per heavy atom. The van der Waals surface area contributed by atoms with Crippen LogP contribution in [0.5, 0.6) is 0 Å². The molecule has 0 radical (unpaired) electrons. The van der Waals surface area contributed by atoms with Crippen LogP contribution in [0.1, 0.15) is 32.4 Å². The molecule has 4 rings (SSSR count). The van der Waals surface area contributed by atoms with Crippen molar-refractivity contribution in [1.29, 1.82) is 0 Å². The molecule has 34 heavy (non-hydrogen) atoms. The predicted molar refractivity (Wildman–Crippen MR) is 129 cm³/mol. The molecule has 0 spiro atoms. The van der Waals surface area contributed by atoms with Crippen molar-refractivity contribution in [3.05, 3.63) is 76.5 Å². The summed E-state index contributed by atoms with van der Waals surface area (Å²) in [4.78, 5) is 33.0. The van der Waals surface area contributed by atoms with E-state index in [0.29, 0.717) is 18.4 Å². The van der Waals surface area contributed by atoms with E-state index in [1.165, 1.54) is 12.1 Å². The number of nitrogens with one attached hydrogen (secondary N) is 2. The maximum atomic E-state index is 12.2. The van der Waals surface area contributed by atoms with E-state index in [1.807, 2.05) is 45.0 Å².